The lowest BCUT2D eigenvalue weighted by Crippen LogP contribution is -2.42. The van der Waals surface area contributed by atoms with Crippen molar-refractivity contribution in [1.82, 2.24) is 4.90 Å². The monoisotopic (exact) mass is 371 g/mol. The molecule has 2 aliphatic rings. The highest BCUT2D eigenvalue weighted by molar-refractivity contribution is 5.85. The van der Waals surface area contributed by atoms with Crippen LogP contribution in [0.25, 0.3) is 11.0 Å². The summed E-state index contributed by atoms with van der Waals surface area (Å²) in [7, 11) is 0. The van der Waals surface area contributed by atoms with E-state index in [0.29, 0.717) is 30.7 Å². The summed E-state index contributed by atoms with van der Waals surface area (Å²) in [5.74, 6) is -0.925. The minimum atomic E-state index is -0.988. The van der Waals surface area contributed by atoms with E-state index in [1.165, 1.54) is 4.90 Å². The van der Waals surface area contributed by atoms with E-state index in [1.54, 1.807) is 12.1 Å². The van der Waals surface area contributed by atoms with Gasteiger partial charge in [-0.1, -0.05) is 0 Å². The number of likely N-dealkylation sites (tertiary alicyclic amines) is 1. The van der Waals surface area contributed by atoms with Crippen molar-refractivity contribution in [2.24, 2.45) is 0 Å². The molecule has 1 aliphatic carbocycles. The number of aliphatic carboxylic acids is 1. The van der Waals surface area contributed by atoms with E-state index in [0.717, 1.165) is 42.2 Å². The number of carboxylic acids is 1. The van der Waals surface area contributed by atoms with E-state index in [9.17, 15) is 19.5 Å². The third-order valence-corrected chi connectivity index (χ3v) is 5.42. The Balaban J connectivity index is 1.52. The van der Waals surface area contributed by atoms with Gasteiger partial charge in [0.1, 0.15) is 17.4 Å². The number of carboxylic acid groups (broad SMARTS) is 1. The van der Waals surface area contributed by atoms with Crippen LogP contribution in [-0.2, 0) is 22.4 Å². The molecule has 1 atom stereocenters. The molecular weight excluding hydrogens is 350 g/mol. The number of amides is 1. The normalized spacial score (nSPS) is 19.1. The minimum absolute atomic E-state index is 0.246. The molecule has 2 heterocycles. The number of carbonyl (C=O) groups excluding carboxylic acids is 1. The highest BCUT2D eigenvalue weighted by Gasteiger charge is 2.34. The Morgan fingerprint density at radius 1 is 1.19 bits per heavy atom. The van der Waals surface area contributed by atoms with Gasteiger partial charge in [0, 0.05) is 23.6 Å². The molecule has 142 valence electrons. The molecule has 7 nitrogen and oxygen atoms in total. The van der Waals surface area contributed by atoms with Crippen LogP contribution >= 0.6 is 0 Å². The lowest BCUT2D eigenvalue weighted by atomic mass is 9.91. The van der Waals surface area contributed by atoms with Crippen molar-refractivity contribution in [1.29, 1.82) is 0 Å². The zero-order valence-electron chi connectivity index (χ0n) is 14.9. The van der Waals surface area contributed by atoms with E-state index < -0.39 is 12.0 Å². The first-order valence-corrected chi connectivity index (χ1v) is 9.28. The lowest BCUT2D eigenvalue weighted by Gasteiger charge is -2.21. The maximum atomic E-state index is 12.3. The lowest BCUT2D eigenvalue weighted by molar-refractivity contribution is -0.148. The van der Waals surface area contributed by atoms with Gasteiger partial charge in [-0.25, -0.2) is 9.59 Å². The number of rotatable bonds is 4. The summed E-state index contributed by atoms with van der Waals surface area (Å²) < 4.78 is 11.0. The van der Waals surface area contributed by atoms with Gasteiger partial charge in [-0.2, -0.15) is 0 Å². The number of nitrogens with zero attached hydrogens (tertiary/aromatic N) is 1. The summed E-state index contributed by atoms with van der Waals surface area (Å²) in [6.45, 7) is 0.183. The Hall–Kier alpha value is -2.83. The van der Waals surface area contributed by atoms with Crippen LogP contribution in [0.1, 0.15) is 36.8 Å². The number of ether oxygens (including phenoxy) is 1. The van der Waals surface area contributed by atoms with Gasteiger partial charge in [0.25, 0.3) is 5.91 Å². The van der Waals surface area contributed by atoms with Crippen LogP contribution in [0.5, 0.6) is 5.75 Å². The molecule has 1 aromatic carbocycles. The Labute approximate surface area is 155 Å². The topological polar surface area (TPSA) is 97.0 Å². The highest BCUT2D eigenvalue weighted by atomic mass is 16.5. The second kappa shape index (κ2) is 7.06. The van der Waals surface area contributed by atoms with Crippen LogP contribution in [0, 0.1) is 0 Å². The molecule has 0 radical (unpaired) electrons. The van der Waals surface area contributed by atoms with Gasteiger partial charge in [0.15, 0.2) is 6.61 Å². The average Bonchev–Trinajstić information content (AvgIpc) is 3.16. The Morgan fingerprint density at radius 3 is 2.74 bits per heavy atom. The van der Waals surface area contributed by atoms with Gasteiger partial charge < -0.3 is 19.2 Å². The van der Waals surface area contributed by atoms with Gasteiger partial charge in [-0.05, 0) is 56.2 Å². The molecule has 2 aromatic rings. The van der Waals surface area contributed by atoms with E-state index in [4.69, 9.17) is 9.15 Å². The molecule has 0 bridgehead atoms. The first-order valence-electron chi connectivity index (χ1n) is 9.28. The molecule has 1 fully saturated rings. The number of aryl methyl sites for hydroxylation is 1. The third kappa shape index (κ3) is 3.29. The highest BCUT2D eigenvalue weighted by Crippen LogP contribution is 2.29. The molecule has 27 heavy (non-hydrogen) atoms. The van der Waals surface area contributed by atoms with Crippen molar-refractivity contribution in [2.75, 3.05) is 13.2 Å². The van der Waals surface area contributed by atoms with Gasteiger partial charge in [0.05, 0.1) is 0 Å². The van der Waals surface area contributed by atoms with Gasteiger partial charge >= 0.3 is 11.6 Å². The van der Waals surface area contributed by atoms with Crippen molar-refractivity contribution < 1.29 is 23.8 Å². The zero-order chi connectivity index (χ0) is 19.0. The predicted octanol–water partition coefficient (Wildman–Crippen LogP) is 2.13. The summed E-state index contributed by atoms with van der Waals surface area (Å²) in [6, 6.07) is 4.46. The third-order valence-electron chi connectivity index (χ3n) is 5.42. The molecular formula is C20H21NO6. The number of carbonyl (C=O) groups is 2. The summed E-state index contributed by atoms with van der Waals surface area (Å²) in [5.41, 5.74) is 1.98. The van der Waals surface area contributed by atoms with E-state index in [-0.39, 0.29) is 18.1 Å². The molecule has 4 rings (SSSR count). The fourth-order valence-corrected chi connectivity index (χ4v) is 4.07. The van der Waals surface area contributed by atoms with Gasteiger partial charge in [0.2, 0.25) is 0 Å². The summed E-state index contributed by atoms with van der Waals surface area (Å²) >= 11 is 0. The Bertz CT molecular complexity index is 963. The fraction of sp³-hybridized carbons (Fsp3) is 0.450. The number of fused-ring (bicyclic) bond motifs is 3. The first-order chi connectivity index (χ1) is 13.0. The number of benzene rings is 1. The molecule has 1 saturated heterocycles. The van der Waals surface area contributed by atoms with Crippen LogP contribution in [0.15, 0.2) is 27.4 Å². The van der Waals surface area contributed by atoms with Crippen LogP contribution in [-0.4, -0.2) is 41.1 Å². The molecule has 1 aromatic heterocycles. The fourth-order valence-electron chi connectivity index (χ4n) is 4.07. The largest absolute Gasteiger partial charge is 0.484 e. The summed E-state index contributed by atoms with van der Waals surface area (Å²) in [4.78, 5) is 37.1. The van der Waals surface area contributed by atoms with Gasteiger partial charge in [-0.15, -0.1) is 0 Å². The van der Waals surface area contributed by atoms with Crippen molar-refractivity contribution in [2.45, 2.75) is 44.6 Å². The zero-order valence-corrected chi connectivity index (χ0v) is 14.9. The van der Waals surface area contributed by atoms with Crippen molar-refractivity contribution in [3.8, 4) is 5.75 Å². The maximum Gasteiger partial charge on any atom is 0.339 e. The average molecular weight is 371 g/mol. The molecule has 1 unspecified atom stereocenters. The van der Waals surface area contributed by atoms with Crippen molar-refractivity contribution in [3.05, 3.63) is 39.7 Å². The molecule has 1 aliphatic heterocycles. The Kier molecular flexibility index (Phi) is 4.59. The SMILES string of the molecule is O=C(O)C1CCCN1C(=O)COc1ccc2c3c(c(=O)oc2c1)CCCC3. The first kappa shape index (κ1) is 17.6. The molecule has 0 saturated carbocycles. The standard InChI is InChI=1S/C20H21NO6/c22-18(21-9-3-6-16(21)19(23)24)11-26-12-7-8-14-13-4-1-2-5-15(13)20(25)27-17(14)10-12/h7-8,10,16H,1-6,9,11H2,(H,23,24). The van der Waals surface area contributed by atoms with E-state index >= 15 is 0 Å². The summed E-state index contributed by atoms with van der Waals surface area (Å²) in [5, 5.41) is 10.1. The van der Waals surface area contributed by atoms with E-state index in [2.05, 4.69) is 0 Å². The molecule has 1 N–H and O–H groups in total. The van der Waals surface area contributed by atoms with Crippen molar-refractivity contribution >= 4 is 22.8 Å². The van der Waals surface area contributed by atoms with Crippen LogP contribution in [0.3, 0.4) is 0 Å². The molecule has 7 heteroatoms. The smallest absolute Gasteiger partial charge is 0.339 e. The predicted molar refractivity (Wildman–Crippen MR) is 97.0 cm³/mol. The van der Waals surface area contributed by atoms with Crippen molar-refractivity contribution in [3.63, 3.8) is 0 Å². The molecule has 0 spiro atoms. The Morgan fingerprint density at radius 2 is 1.96 bits per heavy atom. The quantitative estimate of drug-likeness (QED) is 0.827. The van der Waals surface area contributed by atoms with Gasteiger partial charge in [-0.3, -0.25) is 4.79 Å². The number of hydrogen-bond donors (Lipinski definition) is 1. The van der Waals surface area contributed by atoms with Crippen LogP contribution < -0.4 is 10.4 Å². The van der Waals surface area contributed by atoms with Crippen LogP contribution in [0.2, 0.25) is 0 Å². The second-order valence-electron chi connectivity index (χ2n) is 7.08. The minimum Gasteiger partial charge on any atom is -0.484 e. The van der Waals surface area contributed by atoms with Crippen LogP contribution in [0.4, 0.5) is 0 Å². The number of hydrogen-bond acceptors (Lipinski definition) is 5. The molecule has 1 amide bonds. The summed E-state index contributed by atoms with van der Waals surface area (Å²) in [6.07, 6.45) is 4.81. The maximum absolute atomic E-state index is 12.3. The van der Waals surface area contributed by atoms with E-state index in [1.807, 2.05) is 6.07 Å². The second-order valence-corrected chi connectivity index (χ2v) is 7.08.